The lowest BCUT2D eigenvalue weighted by Gasteiger charge is -2.07. The summed E-state index contributed by atoms with van der Waals surface area (Å²) in [6, 6.07) is 8.17. The third-order valence-electron chi connectivity index (χ3n) is 2.92. The number of thiazole rings is 1. The van der Waals surface area contributed by atoms with E-state index in [1.165, 1.54) is 5.56 Å². The number of benzene rings is 1. The predicted octanol–water partition coefficient (Wildman–Crippen LogP) is 4.73. The summed E-state index contributed by atoms with van der Waals surface area (Å²) < 4.78 is 0. The van der Waals surface area contributed by atoms with E-state index in [1.807, 2.05) is 36.7 Å². The fourth-order valence-electron chi connectivity index (χ4n) is 1.80. The van der Waals surface area contributed by atoms with E-state index in [-0.39, 0.29) is 0 Å². The summed E-state index contributed by atoms with van der Waals surface area (Å²) in [5.41, 5.74) is 4.31. The molecule has 0 aliphatic rings. The summed E-state index contributed by atoms with van der Waals surface area (Å²) in [5, 5.41) is 3.16. The lowest BCUT2D eigenvalue weighted by Crippen LogP contribution is -2.01. The molecule has 98 valence electrons. The Labute approximate surface area is 118 Å². The van der Waals surface area contributed by atoms with Crippen LogP contribution in [0.2, 0.25) is 0 Å². The van der Waals surface area contributed by atoms with Gasteiger partial charge in [0.25, 0.3) is 0 Å². The SMILES string of the molecule is C=C(C)/C(CCc1nccs1)=N\c1ccccc1C. The highest BCUT2D eigenvalue weighted by Crippen LogP contribution is 2.20. The second-order valence-corrected chi connectivity index (χ2v) is 5.53. The van der Waals surface area contributed by atoms with Gasteiger partial charge >= 0.3 is 0 Å². The van der Waals surface area contributed by atoms with Crippen molar-refractivity contribution in [3.8, 4) is 0 Å². The first-order valence-electron chi connectivity index (χ1n) is 6.34. The summed E-state index contributed by atoms with van der Waals surface area (Å²) in [5.74, 6) is 0. The topological polar surface area (TPSA) is 25.2 Å². The molecule has 0 aliphatic heterocycles. The molecule has 0 bridgehead atoms. The maximum Gasteiger partial charge on any atom is 0.0928 e. The van der Waals surface area contributed by atoms with Crippen molar-refractivity contribution in [1.29, 1.82) is 0 Å². The first kappa shape index (κ1) is 13.7. The highest BCUT2D eigenvalue weighted by atomic mass is 32.1. The zero-order valence-electron chi connectivity index (χ0n) is 11.4. The minimum Gasteiger partial charge on any atom is -0.253 e. The molecular formula is C16H18N2S. The Morgan fingerprint density at radius 1 is 1.37 bits per heavy atom. The van der Waals surface area contributed by atoms with E-state index in [0.29, 0.717) is 0 Å². The highest BCUT2D eigenvalue weighted by Gasteiger charge is 2.05. The number of allylic oxidation sites excluding steroid dienone is 1. The number of para-hydroxylation sites is 1. The van der Waals surface area contributed by atoms with Gasteiger partial charge in [-0.05, 0) is 37.5 Å². The molecular weight excluding hydrogens is 252 g/mol. The van der Waals surface area contributed by atoms with Crippen LogP contribution in [0.4, 0.5) is 5.69 Å². The van der Waals surface area contributed by atoms with E-state index >= 15 is 0 Å². The molecule has 0 aliphatic carbocycles. The molecule has 0 radical (unpaired) electrons. The molecule has 2 rings (SSSR count). The Morgan fingerprint density at radius 2 is 2.16 bits per heavy atom. The number of hydrogen-bond donors (Lipinski definition) is 0. The number of nitrogens with zero attached hydrogens (tertiary/aromatic N) is 2. The fraction of sp³-hybridized carbons (Fsp3) is 0.250. The zero-order valence-corrected chi connectivity index (χ0v) is 12.2. The third kappa shape index (κ3) is 3.86. The van der Waals surface area contributed by atoms with Crippen LogP contribution in [-0.2, 0) is 6.42 Å². The number of aromatic nitrogens is 1. The first-order valence-corrected chi connectivity index (χ1v) is 7.22. The zero-order chi connectivity index (χ0) is 13.7. The molecule has 0 N–H and O–H groups in total. The molecule has 0 saturated heterocycles. The van der Waals surface area contributed by atoms with Gasteiger partial charge in [-0.15, -0.1) is 11.3 Å². The maximum atomic E-state index is 4.75. The second-order valence-electron chi connectivity index (χ2n) is 4.55. The number of aliphatic imine (C=N–C) groups is 1. The maximum absolute atomic E-state index is 4.75. The van der Waals surface area contributed by atoms with Crippen LogP contribution in [0, 0.1) is 6.92 Å². The van der Waals surface area contributed by atoms with Crippen LogP contribution in [0.25, 0.3) is 0 Å². The molecule has 2 nitrogen and oxygen atoms in total. The Kier molecular flexibility index (Phi) is 4.63. The molecule has 19 heavy (non-hydrogen) atoms. The van der Waals surface area contributed by atoms with E-state index < -0.39 is 0 Å². The standard InChI is InChI=1S/C16H18N2S/c1-12(2)14(8-9-16-17-10-11-19-16)18-15-7-5-4-6-13(15)3/h4-7,10-11H,1,8-9H2,2-3H3/b18-14-. The number of rotatable bonds is 5. The Morgan fingerprint density at radius 3 is 2.79 bits per heavy atom. The van der Waals surface area contributed by atoms with Crippen molar-refractivity contribution in [2.75, 3.05) is 0 Å². The predicted molar refractivity (Wildman–Crippen MR) is 83.5 cm³/mol. The van der Waals surface area contributed by atoms with Gasteiger partial charge in [-0.3, -0.25) is 4.99 Å². The molecule has 0 saturated carbocycles. The molecule has 1 aromatic carbocycles. The molecule has 3 heteroatoms. The fourth-order valence-corrected chi connectivity index (χ4v) is 2.42. The minimum absolute atomic E-state index is 0.886. The molecule has 0 atom stereocenters. The van der Waals surface area contributed by atoms with E-state index in [9.17, 15) is 0 Å². The van der Waals surface area contributed by atoms with E-state index in [0.717, 1.165) is 34.8 Å². The summed E-state index contributed by atoms with van der Waals surface area (Å²) in [6.07, 6.45) is 3.66. The van der Waals surface area contributed by atoms with Gasteiger partial charge in [-0.2, -0.15) is 0 Å². The lowest BCUT2D eigenvalue weighted by molar-refractivity contribution is 1.01. The second kappa shape index (κ2) is 6.43. The number of aryl methyl sites for hydroxylation is 2. The Hall–Kier alpha value is -1.74. The van der Waals surface area contributed by atoms with Crippen LogP contribution < -0.4 is 0 Å². The van der Waals surface area contributed by atoms with Crippen molar-refractivity contribution in [2.24, 2.45) is 4.99 Å². The van der Waals surface area contributed by atoms with Crippen molar-refractivity contribution >= 4 is 22.7 Å². The quantitative estimate of drug-likeness (QED) is 0.721. The van der Waals surface area contributed by atoms with Crippen molar-refractivity contribution in [2.45, 2.75) is 26.7 Å². The largest absolute Gasteiger partial charge is 0.253 e. The first-order chi connectivity index (χ1) is 9.16. The molecule has 0 amide bonds. The van der Waals surface area contributed by atoms with Crippen molar-refractivity contribution < 1.29 is 0 Å². The van der Waals surface area contributed by atoms with Gasteiger partial charge in [0.2, 0.25) is 0 Å². The van der Waals surface area contributed by atoms with Gasteiger partial charge in [0.15, 0.2) is 0 Å². The van der Waals surface area contributed by atoms with Crippen molar-refractivity contribution in [1.82, 2.24) is 4.98 Å². The van der Waals surface area contributed by atoms with Gasteiger partial charge in [0.1, 0.15) is 0 Å². The monoisotopic (exact) mass is 270 g/mol. The summed E-state index contributed by atoms with van der Waals surface area (Å²) in [4.78, 5) is 9.06. The van der Waals surface area contributed by atoms with Crippen molar-refractivity contribution in [3.05, 3.63) is 58.6 Å². The average Bonchev–Trinajstić information content (AvgIpc) is 2.89. The summed E-state index contributed by atoms with van der Waals surface area (Å²) in [7, 11) is 0. The Balaban J connectivity index is 2.16. The van der Waals surface area contributed by atoms with Gasteiger partial charge in [-0.1, -0.05) is 24.8 Å². The van der Waals surface area contributed by atoms with E-state index in [2.05, 4.69) is 24.6 Å². The van der Waals surface area contributed by atoms with Crippen LogP contribution in [0.15, 0.2) is 53.0 Å². The molecule has 0 spiro atoms. The molecule has 1 heterocycles. The van der Waals surface area contributed by atoms with Crippen molar-refractivity contribution in [3.63, 3.8) is 0 Å². The van der Waals surface area contributed by atoms with Gasteiger partial charge in [0.05, 0.1) is 10.7 Å². The summed E-state index contributed by atoms with van der Waals surface area (Å²) >= 11 is 1.69. The van der Waals surface area contributed by atoms with Gasteiger partial charge in [0, 0.05) is 23.7 Å². The van der Waals surface area contributed by atoms with Crippen LogP contribution in [0.5, 0.6) is 0 Å². The van der Waals surface area contributed by atoms with Crippen LogP contribution >= 0.6 is 11.3 Å². The highest BCUT2D eigenvalue weighted by molar-refractivity contribution is 7.09. The average molecular weight is 270 g/mol. The normalized spacial score (nSPS) is 11.6. The smallest absolute Gasteiger partial charge is 0.0928 e. The van der Waals surface area contributed by atoms with Gasteiger partial charge in [-0.25, -0.2) is 4.98 Å². The Bertz CT molecular complexity index is 583. The van der Waals surface area contributed by atoms with E-state index in [4.69, 9.17) is 4.99 Å². The third-order valence-corrected chi connectivity index (χ3v) is 3.76. The van der Waals surface area contributed by atoms with Crippen LogP contribution in [0.1, 0.15) is 23.9 Å². The molecule has 0 unspecified atom stereocenters. The molecule has 0 fully saturated rings. The molecule has 2 aromatic rings. The van der Waals surface area contributed by atoms with Gasteiger partial charge < -0.3 is 0 Å². The van der Waals surface area contributed by atoms with Crippen LogP contribution in [-0.4, -0.2) is 10.7 Å². The lowest BCUT2D eigenvalue weighted by atomic mass is 10.1. The summed E-state index contributed by atoms with van der Waals surface area (Å²) in [6.45, 7) is 8.13. The molecule has 1 aromatic heterocycles. The minimum atomic E-state index is 0.886. The number of hydrogen-bond acceptors (Lipinski definition) is 3. The van der Waals surface area contributed by atoms with Crippen LogP contribution in [0.3, 0.4) is 0 Å². The van der Waals surface area contributed by atoms with E-state index in [1.54, 1.807) is 11.3 Å².